The average Bonchev–Trinajstić information content (AvgIpc) is 0.830. The van der Waals surface area contributed by atoms with Crippen molar-refractivity contribution in [2.75, 3.05) is 46.9 Å². The predicted molar refractivity (Wildman–Crippen MR) is 469 cm³/mol. The summed E-state index contributed by atoms with van der Waals surface area (Å²) in [5.41, 5.74) is 18.3. The van der Waals surface area contributed by atoms with Crippen molar-refractivity contribution < 1.29 is 33.4 Å². The fourth-order valence-corrected chi connectivity index (χ4v) is 15.4. The Balaban J connectivity index is 0.000000194. The number of hydrogen-bond acceptors (Lipinski definition) is 12. The Morgan fingerprint density at radius 3 is 0.688 bits per heavy atom. The lowest BCUT2D eigenvalue weighted by Gasteiger charge is -2.30. The molecule has 5 fully saturated rings. The minimum atomic E-state index is -0.0317. The van der Waals surface area contributed by atoms with E-state index in [4.69, 9.17) is 9.47 Å². The topological polar surface area (TPSA) is 164 Å². The van der Waals surface area contributed by atoms with Gasteiger partial charge in [-0.25, -0.2) is 0 Å². The molecule has 12 heteroatoms. The van der Waals surface area contributed by atoms with E-state index in [2.05, 4.69) is 290 Å². The van der Waals surface area contributed by atoms with E-state index in [9.17, 15) is 24.0 Å². The van der Waals surface area contributed by atoms with Crippen LogP contribution in [0.5, 0.6) is 11.5 Å². The molecule has 0 aromatic heterocycles. The zero-order valence-corrected chi connectivity index (χ0v) is 74.4. The number of carbonyl (C=O) groups excluding carboxylic acids is 5. The van der Waals surface area contributed by atoms with Crippen LogP contribution in [0, 0.1) is 0 Å². The Morgan fingerprint density at radius 2 is 0.491 bits per heavy atom. The van der Waals surface area contributed by atoms with Gasteiger partial charge in [-0.05, 0) is 201 Å². The first-order valence-electron chi connectivity index (χ1n) is 42.2. The van der Waals surface area contributed by atoms with Gasteiger partial charge in [0.2, 0.25) is 0 Å². The Labute approximate surface area is 678 Å². The number of ketones is 5. The Bertz CT molecular complexity index is 3730. The summed E-state index contributed by atoms with van der Waals surface area (Å²) in [7, 11) is 3.49. The number of methoxy groups -OCH3 is 2. The number of benzene rings is 6. The summed E-state index contributed by atoms with van der Waals surface area (Å²) in [5.74, 6) is 3.52. The van der Waals surface area contributed by atoms with Crippen molar-refractivity contribution >= 4 is 28.9 Å². The summed E-state index contributed by atoms with van der Waals surface area (Å²) < 4.78 is 11.6. The molecule has 11 rings (SSSR count). The zero-order valence-electron chi connectivity index (χ0n) is 74.4. The van der Waals surface area contributed by atoms with E-state index in [1.54, 1.807) is 14.2 Å². The molecule has 0 aliphatic carbocycles. The summed E-state index contributed by atoms with van der Waals surface area (Å²) in [6.45, 7) is 58.0. The Morgan fingerprint density at radius 1 is 0.277 bits per heavy atom. The second-order valence-corrected chi connectivity index (χ2v) is 40.8. The van der Waals surface area contributed by atoms with Crippen LogP contribution in [-0.4, -0.2) is 106 Å². The van der Waals surface area contributed by atoms with Gasteiger partial charge in [0.1, 0.15) is 11.5 Å². The van der Waals surface area contributed by atoms with Crippen LogP contribution in [0.2, 0.25) is 0 Å². The van der Waals surface area contributed by atoms with Crippen molar-refractivity contribution in [3.05, 3.63) is 188 Å². The van der Waals surface area contributed by atoms with E-state index in [0.29, 0.717) is 61.0 Å². The molecule has 5 atom stereocenters. The smallest absolute Gasteiger partial charge is 0.154 e. The Kier molecular flexibility index (Phi) is 32.2. The quantitative estimate of drug-likeness (QED) is 0.0554. The largest absolute Gasteiger partial charge is 0.496 e. The normalized spacial score (nSPS) is 18.9. The lowest BCUT2D eigenvalue weighted by Crippen LogP contribution is -2.32. The maximum atomic E-state index is 12.6. The summed E-state index contributed by atoms with van der Waals surface area (Å²) in [6, 6.07) is 41.1. The summed E-state index contributed by atoms with van der Waals surface area (Å²) in [5, 5.41) is 16.5. The molecule has 0 bridgehead atoms. The van der Waals surface area contributed by atoms with E-state index >= 15 is 0 Å². The van der Waals surface area contributed by atoms with Crippen LogP contribution < -0.4 is 36.1 Å². The molecule has 0 saturated carbocycles. The summed E-state index contributed by atoms with van der Waals surface area (Å²) in [6.07, 6.45) is 13.1. The molecule has 614 valence electrons. The third-order valence-electron chi connectivity index (χ3n) is 22.6. The van der Waals surface area contributed by atoms with Crippen LogP contribution >= 0.6 is 0 Å². The standard InChI is InChI=1S/2C21H33NO2.2C20H31NO.C18H19NO/c2*1-20(2,3)15-11-14(13-18(23)17-9-8-10-22-17)12-16(19(15)24-7)21(4,5)6;2*1-19(2,3)15-10-14(11-16(13-15)20(4,5)6)12-18(22)17-8-7-9-21-17;20-18(17-7-4-12-19-17)13-14-8-10-16(11-9-14)15-5-2-1-3-6-15/h2*11-12,17,22H,8-10,13H2,1-7H3;2*10-11,13,17,21H,7-9,12H2,1-6H3;1-3,5-6,8-11,17,19H,4,7,12-13H2/t;;2*17-;/m..10./s1. The zero-order chi connectivity index (χ0) is 83.1. The van der Waals surface area contributed by atoms with Gasteiger partial charge in [-0.3, -0.25) is 24.0 Å². The molecular weight excluding hydrogens is 1380 g/mol. The van der Waals surface area contributed by atoms with Crippen molar-refractivity contribution in [3.63, 3.8) is 0 Å². The predicted octanol–water partition coefficient (Wildman–Crippen LogP) is 19.8. The van der Waals surface area contributed by atoms with Crippen LogP contribution in [0.25, 0.3) is 11.1 Å². The highest BCUT2D eigenvalue weighted by Gasteiger charge is 2.34. The fraction of sp³-hybridized carbons (Fsp3) is 0.590. The number of hydrogen-bond donors (Lipinski definition) is 5. The Hall–Kier alpha value is -6.93. The van der Waals surface area contributed by atoms with Crippen molar-refractivity contribution in [3.8, 4) is 22.6 Å². The molecule has 0 spiro atoms. The van der Waals surface area contributed by atoms with Crippen LogP contribution in [0.3, 0.4) is 0 Å². The number of carbonyl (C=O) groups is 5. The first-order chi connectivity index (χ1) is 52.0. The van der Waals surface area contributed by atoms with Crippen LogP contribution in [0.15, 0.2) is 115 Å². The molecule has 112 heavy (non-hydrogen) atoms. The van der Waals surface area contributed by atoms with Gasteiger partial charge in [-0.1, -0.05) is 281 Å². The lowest BCUT2D eigenvalue weighted by molar-refractivity contribution is -0.120. The lowest BCUT2D eigenvalue weighted by atomic mass is 9.78. The van der Waals surface area contributed by atoms with Gasteiger partial charge in [0, 0.05) is 54.4 Å². The van der Waals surface area contributed by atoms with E-state index in [0.717, 1.165) is 136 Å². The van der Waals surface area contributed by atoms with Crippen molar-refractivity contribution in [1.82, 2.24) is 26.6 Å². The van der Waals surface area contributed by atoms with Gasteiger partial charge in [0.05, 0.1) is 44.4 Å². The van der Waals surface area contributed by atoms with Crippen molar-refractivity contribution in [2.24, 2.45) is 0 Å². The van der Waals surface area contributed by atoms with Gasteiger partial charge >= 0.3 is 0 Å². The molecule has 12 nitrogen and oxygen atoms in total. The van der Waals surface area contributed by atoms with Gasteiger partial charge < -0.3 is 36.1 Å². The van der Waals surface area contributed by atoms with Crippen LogP contribution in [0.4, 0.5) is 0 Å². The SMILES string of the molecule is CC(C)(C)c1cc(CC(=O)[C@@H]2CCCN2)cc(C(C)(C)C)c1.CC(C)(C)c1cc(CC(=O)[C@H]2CCCN2)cc(C(C)(C)C)c1.COc1c(C(C)(C)C)cc(CC(=O)C2CCCN2)cc1C(C)(C)C.COc1c(C(C)(C)C)cc(CC(=O)C2CCCN2)cc1C(C)(C)C.O=C(Cc1ccc(-c2ccccc2)cc1)C1CCCN1. The highest BCUT2D eigenvalue weighted by Crippen LogP contribution is 2.43. The van der Waals surface area contributed by atoms with Crippen LogP contribution in [0.1, 0.15) is 303 Å². The molecular formula is C100H147N5O7. The third-order valence-corrected chi connectivity index (χ3v) is 22.6. The minimum absolute atomic E-state index is 0.0308. The monoisotopic (exact) mass is 1530 g/mol. The molecule has 0 radical (unpaired) electrons. The maximum Gasteiger partial charge on any atom is 0.154 e. The first-order valence-corrected chi connectivity index (χ1v) is 42.2. The minimum Gasteiger partial charge on any atom is -0.496 e. The molecule has 5 heterocycles. The fourth-order valence-electron chi connectivity index (χ4n) is 15.4. The molecule has 6 aromatic carbocycles. The number of Topliss-reactive ketones (excluding diaryl/α,β-unsaturated/α-hetero) is 5. The summed E-state index contributed by atoms with van der Waals surface area (Å²) >= 11 is 0. The van der Waals surface area contributed by atoms with Crippen molar-refractivity contribution in [2.45, 2.75) is 336 Å². The molecule has 3 unspecified atom stereocenters. The molecule has 6 aromatic rings. The van der Waals surface area contributed by atoms with E-state index < -0.39 is 0 Å². The maximum absolute atomic E-state index is 12.6. The molecule has 5 N–H and O–H groups in total. The number of ether oxygens (including phenoxy) is 2. The first kappa shape index (κ1) is 92.2. The molecule has 5 aliphatic heterocycles. The van der Waals surface area contributed by atoms with Gasteiger partial charge in [-0.15, -0.1) is 0 Å². The number of nitrogens with one attached hydrogen (secondary N) is 5. The molecule has 0 amide bonds. The summed E-state index contributed by atoms with van der Waals surface area (Å²) in [4.78, 5) is 62.3. The highest BCUT2D eigenvalue weighted by atomic mass is 16.5. The highest BCUT2D eigenvalue weighted by molar-refractivity contribution is 5.89. The second kappa shape index (κ2) is 39.1. The average molecular weight is 1530 g/mol. The van der Waals surface area contributed by atoms with Gasteiger partial charge in [0.15, 0.2) is 28.9 Å². The third kappa shape index (κ3) is 27.4. The van der Waals surface area contributed by atoms with E-state index in [-0.39, 0.29) is 73.5 Å². The van der Waals surface area contributed by atoms with Crippen molar-refractivity contribution in [1.29, 1.82) is 0 Å². The molecule has 5 saturated heterocycles. The second-order valence-electron chi connectivity index (χ2n) is 40.8. The van der Waals surface area contributed by atoms with E-state index in [1.807, 2.05) is 18.2 Å². The van der Waals surface area contributed by atoms with Crippen LogP contribution in [-0.2, 0) is 99.4 Å². The van der Waals surface area contributed by atoms with E-state index in [1.165, 1.54) is 55.6 Å². The van der Waals surface area contributed by atoms with Gasteiger partial charge in [0.25, 0.3) is 0 Å². The number of rotatable bonds is 18. The van der Waals surface area contributed by atoms with Gasteiger partial charge in [-0.2, -0.15) is 0 Å². The molecule has 5 aliphatic rings.